The molecule has 1 aromatic rings. The third-order valence-corrected chi connectivity index (χ3v) is 3.52. The van der Waals surface area contributed by atoms with E-state index in [4.69, 9.17) is 0 Å². The van der Waals surface area contributed by atoms with Crippen LogP contribution in [0.1, 0.15) is 38.4 Å². The summed E-state index contributed by atoms with van der Waals surface area (Å²) in [4.78, 5) is 25.7. The van der Waals surface area contributed by atoms with Crippen LogP contribution >= 0.6 is 0 Å². The predicted octanol–water partition coefficient (Wildman–Crippen LogP) is 0.949. The number of hydrogen-bond acceptors (Lipinski definition) is 3. The van der Waals surface area contributed by atoms with Gasteiger partial charge in [-0.1, -0.05) is 13.8 Å². The van der Waals surface area contributed by atoms with Gasteiger partial charge >= 0.3 is 0 Å². The van der Waals surface area contributed by atoms with Crippen LogP contribution in [0.25, 0.3) is 0 Å². The van der Waals surface area contributed by atoms with Gasteiger partial charge in [-0.05, 0) is 12.0 Å². The van der Waals surface area contributed by atoms with Crippen LogP contribution < -0.4 is 5.32 Å². The Hall–Kier alpha value is -1.85. The molecule has 0 bridgehead atoms. The van der Waals surface area contributed by atoms with Crippen molar-refractivity contribution < 1.29 is 9.59 Å². The molecule has 1 atom stereocenters. The Kier molecular flexibility index (Phi) is 4.42. The van der Waals surface area contributed by atoms with Crippen LogP contribution in [0.2, 0.25) is 0 Å². The van der Waals surface area contributed by atoms with Gasteiger partial charge in [0.05, 0.1) is 24.7 Å². The van der Waals surface area contributed by atoms with E-state index in [1.54, 1.807) is 13.2 Å². The van der Waals surface area contributed by atoms with E-state index in [0.29, 0.717) is 31.8 Å². The van der Waals surface area contributed by atoms with E-state index in [0.717, 1.165) is 5.69 Å². The number of hydrogen-bond donors (Lipinski definition) is 1. The maximum Gasteiger partial charge on any atom is 0.223 e. The number of carbonyl (C=O) groups excluding carboxylic acids is 2. The zero-order valence-corrected chi connectivity index (χ0v) is 12.3. The van der Waals surface area contributed by atoms with Gasteiger partial charge in [0.2, 0.25) is 11.8 Å². The van der Waals surface area contributed by atoms with Crippen molar-refractivity contribution in [2.75, 3.05) is 13.6 Å². The SMILES string of the molecule is CNC(=O)C[C@H]1CN(C(=O)CC(C)C)Cc2ccnn21. The largest absolute Gasteiger partial charge is 0.359 e. The van der Waals surface area contributed by atoms with Crippen LogP contribution in [0.3, 0.4) is 0 Å². The van der Waals surface area contributed by atoms with Crippen LogP contribution in [0.5, 0.6) is 0 Å². The third kappa shape index (κ3) is 3.18. The van der Waals surface area contributed by atoms with E-state index in [1.165, 1.54) is 0 Å². The summed E-state index contributed by atoms with van der Waals surface area (Å²) in [6, 6.07) is 1.83. The molecule has 0 aromatic carbocycles. The van der Waals surface area contributed by atoms with Crippen LogP contribution in [0.15, 0.2) is 12.3 Å². The lowest BCUT2D eigenvalue weighted by Crippen LogP contribution is -2.43. The molecule has 1 aliphatic rings. The van der Waals surface area contributed by atoms with Gasteiger partial charge in [0.25, 0.3) is 0 Å². The molecule has 2 rings (SSSR count). The molecule has 1 aliphatic heterocycles. The predicted molar refractivity (Wildman–Crippen MR) is 74.8 cm³/mol. The Morgan fingerprint density at radius 3 is 2.90 bits per heavy atom. The highest BCUT2D eigenvalue weighted by atomic mass is 16.2. The fourth-order valence-corrected chi connectivity index (χ4v) is 2.52. The summed E-state index contributed by atoms with van der Waals surface area (Å²) in [5, 5.41) is 6.91. The first-order valence-electron chi connectivity index (χ1n) is 7.02. The van der Waals surface area contributed by atoms with Crippen LogP contribution in [-0.4, -0.2) is 40.1 Å². The van der Waals surface area contributed by atoms with Crippen LogP contribution in [-0.2, 0) is 16.1 Å². The van der Waals surface area contributed by atoms with E-state index in [2.05, 4.69) is 10.4 Å². The number of fused-ring (bicyclic) bond motifs is 1. The number of rotatable bonds is 4. The van der Waals surface area contributed by atoms with Gasteiger partial charge in [0, 0.05) is 26.2 Å². The maximum absolute atomic E-state index is 12.2. The van der Waals surface area contributed by atoms with E-state index in [-0.39, 0.29) is 17.9 Å². The van der Waals surface area contributed by atoms with Gasteiger partial charge in [0.1, 0.15) is 0 Å². The number of nitrogens with one attached hydrogen (secondary N) is 1. The molecule has 0 spiro atoms. The van der Waals surface area contributed by atoms with Gasteiger partial charge in [-0.15, -0.1) is 0 Å². The van der Waals surface area contributed by atoms with Crippen molar-refractivity contribution >= 4 is 11.8 Å². The quantitative estimate of drug-likeness (QED) is 0.891. The minimum absolute atomic E-state index is 0.0328. The van der Waals surface area contributed by atoms with Gasteiger partial charge in [-0.3, -0.25) is 14.3 Å². The summed E-state index contributed by atoms with van der Waals surface area (Å²) in [5.74, 6) is 0.454. The molecule has 0 radical (unpaired) electrons. The number of aromatic nitrogens is 2. The van der Waals surface area contributed by atoms with E-state index < -0.39 is 0 Å². The van der Waals surface area contributed by atoms with Crippen molar-refractivity contribution in [1.82, 2.24) is 20.0 Å². The molecule has 0 unspecified atom stereocenters. The normalized spacial score (nSPS) is 18.0. The molecule has 1 N–H and O–H groups in total. The topological polar surface area (TPSA) is 67.2 Å². The molecule has 6 nitrogen and oxygen atoms in total. The Morgan fingerprint density at radius 1 is 1.50 bits per heavy atom. The molecule has 2 heterocycles. The summed E-state index contributed by atoms with van der Waals surface area (Å²) < 4.78 is 1.87. The molecule has 0 saturated carbocycles. The number of nitrogens with zero attached hydrogens (tertiary/aromatic N) is 3. The Bertz CT molecular complexity index is 495. The Morgan fingerprint density at radius 2 is 2.25 bits per heavy atom. The second-order valence-electron chi connectivity index (χ2n) is 5.67. The van der Waals surface area contributed by atoms with Gasteiger partial charge in [0.15, 0.2) is 0 Å². The zero-order valence-electron chi connectivity index (χ0n) is 12.3. The summed E-state index contributed by atoms with van der Waals surface area (Å²) >= 11 is 0. The summed E-state index contributed by atoms with van der Waals surface area (Å²) in [6.45, 7) is 5.20. The molecule has 0 saturated heterocycles. The molecule has 0 fully saturated rings. The van der Waals surface area contributed by atoms with Gasteiger partial charge in [-0.2, -0.15) is 5.10 Å². The molecule has 6 heteroatoms. The lowest BCUT2D eigenvalue weighted by atomic mass is 10.1. The lowest BCUT2D eigenvalue weighted by Gasteiger charge is -2.34. The molecule has 110 valence electrons. The summed E-state index contributed by atoms with van der Waals surface area (Å²) in [6.07, 6.45) is 2.61. The monoisotopic (exact) mass is 278 g/mol. The smallest absolute Gasteiger partial charge is 0.223 e. The minimum Gasteiger partial charge on any atom is -0.359 e. The van der Waals surface area contributed by atoms with E-state index >= 15 is 0 Å². The Labute approximate surface area is 119 Å². The first kappa shape index (κ1) is 14.6. The second kappa shape index (κ2) is 6.07. The highest BCUT2D eigenvalue weighted by Gasteiger charge is 2.29. The standard InChI is InChI=1S/C14H22N4O2/c1-10(2)6-14(20)17-8-11-4-5-16-18(11)12(9-17)7-13(19)15-3/h4-5,10,12H,6-9H2,1-3H3,(H,15,19)/t12-/m0/s1. The van der Waals surface area contributed by atoms with Crippen molar-refractivity contribution in [1.29, 1.82) is 0 Å². The Balaban J connectivity index is 2.13. The van der Waals surface area contributed by atoms with Crippen molar-refractivity contribution in [3.05, 3.63) is 18.0 Å². The average Bonchev–Trinajstić information content (AvgIpc) is 2.86. The minimum atomic E-state index is -0.0789. The third-order valence-electron chi connectivity index (χ3n) is 3.52. The van der Waals surface area contributed by atoms with Gasteiger partial charge in [-0.25, -0.2) is 0 Å². The van der Waals surface area contributed by atoms with Crippen LogP contribution in [0.4, 0.5) is 0 Å². The first-order chi connectivity index (χ1) is 9.51. The molecule has 2 amide bonds. The highest BCUT2D eigenvalue weighted by molar-refractivity contribution is 5.78. The molecule has 20 heavy (non-hydrogen) atoms. The fraction of sp³-hybridized carbons (Fsp3) is 0.643. The van der Waals surface area contributed by atoms with Gasteiger partial charge < -0.3 is 10.2 Å². The van der Waals surface area contributed by atoms with Crippen molar-refractivity contribution in [2.24, 2.45) is 5.92 Å². The summed E-state index contributed by atoms with van der Waals surface area (Å²) in [5.41, 5.74) is 0.988. The van der Waals surface area contributed by atoms with Crippen LogP contribution in [0, 0.1) is 5.92 Å². The lowest BCUT2D eigenvalue weighted by molar-refractivity contribution is -0.135. The highest BCUT2D eigenvalue weighted by Crippen LogP contribution is 2.24. The second-order valence-corrected chi connectivity index (χ2v) is 5.67. The maximum atomic E-state index is 12.2. The molecular formula is C14H22N4O2. The molecule has 1 aromatic heterocycles. The number of carbonyl (C=O) groups is 2. The fourth-order valence-electron chi connectivity index (χ4n) is 2.52. The van der Waals surface area contributed by atoms with Crippen molar-refractivity contribution in [2.45, 2.75) is 39.3 Å². The van der Waals surface area contributed by atoms with E-state index in [9.17, 15) is 9.59 Å². The molecule has 0 aliphatic carbocycles. The molecular weight excluding hydrogens is 256 g/mol. The summed E-state index contributed by atoms with van der Waals surface area (Å²) in [7, 11) is 1.62. The first-order valence-corrected chi connectivity index (χ1v) is 7.02. The average molecular weight is 278 g/mol. The zero-order chi connectivity index (χ0) is 14.7. The van der Waals surface area contributed by atoms with E-state index in [1.807, 2.05) is 29.5 Å². The van der Waals surface area contributed by atoms with Crippen molar-refractivity contribution in [3.63, 3.8) is 0 Å². The number of amides is 2. The van der Waals surface area contributed by atoms with Crippen molar-refractivity contribution in [3.8, 4) is 0 Å².